The highest BCUT2D eigenvalue weighted by Gasteiger charge is 2.21. The smallest absolute Gasteiger partial charge is 0.189 e. The summed E-state index contributed by atoms with van der Waals surface area (Å²) in [5, 5.41) is 3.22. The molecule has 1 atom stereocenters. The van der Waals surface area contributed by atoms with Crippen LogP contribution in [0, 0.1) is 5.82 Å². The highest BCUT2D eigenvalue weighted by Crippen LogP contribution is 2.31. The molecule has 1 unspecified atom stereocenters. The van der Waals surface area contributed by atoms with E-state index in [1.807, 2.05) is 24.3 Å². The Hall–Kier alpha value is -2.08. The maximum atomic E-state index is 13.3. The molecule has 1 aliphatic rings. The molecule has 1 heterocycles. The Labute approximate surface area is 142 Å². The second kappa shape index (κ2) is 7.00. The Morgan fingerprint density at radius 1 is 1.35 bits per heavy atom. The maximum Gasteiger partial charge on any atom is 0.189 e. The highest BCUT2D eigenvalue weighted by atomic mass is 79.9. The van der Waals surface area contributed by atoms with Crippen molar-refractivity contribution in [3.8, 4) is 5.75 Å². The molecule has 120 valence electrons. The van der Waals surface area contributed by atoms with Gasteiger partial charge in [0.05, 0.1) is 19.2 Å². The van der Waals surface area contributed by atoms with E-state index in [1.165, 1.54) is 12.1 Å². The zero-order valence-electron chi connectivity index (χ0n) is 12.4. The SMILES string of the molecule is NC(=NCc1cc(F)ccc1Br)NC1CCOc2ccccc21. The van der Waals surface area contributed by atoms with Gasteiger partial charge in [0.15, 0.2) is 5.96 Å². The predicted molar refractivity (Wildman–Crippen MR) is 91.9 cm³/mol. The fraction of sp³-hybridized carbons (Fsp3) is 0.235. The van der Waals surface area contributed by atoms with Gasteiger partial charge < -0.3 is 15.8 Å². The molecule has 0 amide bonds. The van der Waals surface area contributed by atoms with Gasteiger partial charge in [-0.1, -0.05) is 34.1 Å². The number of guanidine groups is 1. The Bertz CT molecular complexity index is 736. The van der Waals surface area contributed by atoms with Crippen molar-refractivity contribution in [2.24, 2.45) is 10.7 Å². The summed E-state index contributed by atoms with van der Waals surface area (Å²) in [4.78, 5) is 4.31. The summed E-state index contributed by atoms with van der Waals surface area (Å²) in [6, 6.07) is 12.5. The van der Waals surface area contributed by atoms with Gasteiger partial charge in [0.1, 0.15) is 11.6 Å². The fourth-order valence-electron chi connectivity index (χ4n) is 2.55. The number of rotatable bonds is 3. The van der Waals surface area contributed by atoms with Crippen LogP contribution in [0.25, 0.3) is 0 Å². The minimum atomic E-state index is -0.289. The summed E-state index contributed by atoms with van der Waals surface area (Å²) in [6.45, 7) is 0.944. The van der Waals surface area contributed by atoms with Crippen LogP contribution in [0.15, 0.2) is 51.9 Å². The Balaban J connectivity index is 1.70. The van der Waals surface area contributed by atoms with Gasteiger partial charge in [0, 0.05) is 16.5 Å². The normalized spacial score (nSPS) is 17.3. The molecule has 23 heavy (non-hydrogen) atoms. The van der Waals surface area contributed by atoms with Crippen molar-refractivity contribution in [1.82, 2.24) is 5.32 Å². The van der Waals surface area contributed by atoms with Crippen LogP contribution in [-0.2, 0) is 6.54 Å². The van der Waals surface area contributed by atoms with Crippen molar-refractivity contribution in [3.05, 3.63) is 63.9 Å². The second-order valence-corrected chi connectivity index (χ2v) is 6.16. The minimum Gasteiger partial charge on any atom is -0.493 e. The van der Waals surface area contributed by atoms with E-state index in [4.69, 9.17) is 10.5 Å². The van der Waals surface area contributed by atoms with Gasteiger partial charge in [0.25, 0.3) is 0 Å². The first kappa shape index (κ1) is 15.8. The molecule has 0 aliphatic carbocycles. The summed E-state index contributed by atoms with van der Waals surface area (Å²) < 4.78 is 19.7. The van der Waals surface area contributed by atoms with Crippen LogP contribution in [0.3, 0.4) is 0 Å². The lowest BCUT2D eigenvalue weighted by molar-refractivity contribution is 0.262. The first-order chi connectivity index (χ1) is 11.1. The Morgan fingerprint density at radius 2 is 2.17 bits per heavy atom. The van der Waals surface area contributed by atoms with E-state index in [9.17, 15) is 4.39 Å². The van der Waals surface area contributed by atoms with Crippen LogP contribution in [0.5, 0.6) is 5.75 Å². The van der Waals surface area contributed by atoms with E-state index in [0.717, 1.165) is 27.8 Å². The molecule has 1 aliphatic heterocycles. The van der Waals surface area contributed by atoms with Gasteiger partial charge in [-0.05, 0) is 29.8 Å². The van der Waals surface area contributed by atoms with Gasteiger partial charge >= 0.3 is 0 Å². The monoisotopic (exact) mass is 377 g/mol. The third kappa shape index (κ3) is 3.82. The lowest BCUT2D eigenvalue weighted by Gasteiger charge is -2.26. The molecule has 4 nitrogen and oxygen atoms in total. The van der Waals surface area contributed by atoms with Gasteiger partial charge in [-0.2, -0.15) is 0 Å². The van der Waals surface area contributed by atoms with Crippen molar-refractivity contribution in [2.75, 3.05) is 6.61 Å². The van der Waals surface area contributed by atoms with Gasteiger partial charge in [-0.15, -0.1) is 0 Å². The summed E-state index contributed by atoms with van der Waals surface area (Å²) in [5.41, 5.74) is 7.81. The van der Waals surface area contributed by atoms with Crippen LogP contribution < -0.4 is 15.8 Å². The Morgan fingerprint density at radius 3 is 3.04 bits per heavy atom. The number of benzene rings is 2. The topological polar surface area (TPSA) is 59.6 Å². The average Bonchev–Trinajstić information content (AvgIpc) is 2.56. The zero-order chi connectivity index (χ0) is 16.2. The van der Waals surface area contributed by atoms with E-state index in [0.29, 0.717) is 19.1 Å². The molecule has 2 aromatic carbocycles. The van der Waals surface area contributed by atoms with Crippen LogP contribution in [0.2, 0.25) is 0 Å². The molecule has 0 saturated heterocycles. The van der Waals surface area contributed by atoms with Gasteiger partial charge in [-0.25, -0.2) is 9.38 Å². The number of nitrogens with two attached hydrogens (primary N) is 1. The standard InChI is InChI=1S/C17H17BrFN3O/c18-14-6-5-12(19)9-11(14)10-21-17(20)22-15-7-8-23-16-4-2-1-3-13(15)16/h1-6,9,15H,7-8,10H2,(H3,20,21,22). The summed E-state index contributed by atoms with van der Waals surface area (Å²) in [7, 11) is 0. The first-order valence-corrected chi connectivity index (χ1v) is 8.15. The highest BCUT2D eigenvalue weighted by molar-refractivity contribution is 9.10. The number of aliphatic imine (C=N–C) groups is 1. The molecule has 0 saturated carbocycles. The van der Waals surface area contributed by atoms with E-state index in [1.54, 1.807) is 6.07 Å². The van der Waals surface area contributed by atoms with Crippen molar-refractivity contribution >= 4 is 21.9 Å². The van der Waals surface area contributed by atoms with Crippen LogP contribution in [0.1, 0.15) is 23.6 Å². The fourth-order valence-corrected chi connectivity index (χ4v) is 2.92. The first-order valence-electron chi connectivity index (χ1n) is 7.35. The zero-order valence-corrected chi connectivity index (χ0v) is 14.0. The number of para-hydroxylation sites is 1. The van der Waals surface area contributed by atoms with Crippen LogP contribution >= 0.6 is 15.9 Å². The number of nitrogens with zero attached hydrogens (tertiary/aromatic N) is 1. The average molecular weight is 378 g/mol. The maximum absolute atomic E-state index is 13.3. The largest absolute Gasteiger partial charge is 0.493 e. The number of fused-ring (bicyclic) bond motifs is 1. The van der Waals surface area contributed by atoms with E-state index in [2.05, 4.69) is 26.2 Å². The third-order valence-corrected chi connectivity index (χ3v) is 4.48. The number of ether oxygens (including phenoxy) is 1. The molecule has 6 heteroatoms. The van der Waals surface area contributed by atoms with Crippen molar-refractivity contribution < 1.29 is 9.13 Å². The van der Waals surface area contributed by atoms with Crippen molar-refractivity contribution in [3.63, 3.8) is 0 Å². The van der Waals surface area contributed by atoms with Crippen molar-refractivity contribution in [1.29, 1.82) is 0 Å². The molecular formula is C17H17BrFN3O. The summed E-state index contributed by atoms with van der Waals surface area (Å²) in [6.07, 6.45) is 0.816. The lowest BCUT2D eigenvalue weighted by atomic mass is 10.0. The molecule has 2 aromatic rings. The minimum absolute atomic E-state index is 0.0691. The number of hydrogen-bond acceptors (Lipinski definition) is 2. The Kier molecular flexibility index (Phi) is 4.81. The third-order valence-electron chi connectivity index (χ3n) is 3.71. The molecule has 3 rings (SSSR count). The lowest BCUT2D eigenvalue weighted by Crippen LogP contribution is -2.37. The van der Waals surface area contributed by atoms with Gasteiger partial charge in [-0.3, -0.25) is 0 Å². The summed E-state index contributed by atoms with van der Waals surface area (Å²) >= 11 is 3.39. The molecule has 0 radical (unpaired) electrons. The molecule has 0 fully saturated rings. The number of nitrogens with one attached hydrogen (secondary N) is 1. The number of hydrogen-bond donors (Lipinski definition) is 2. The molecule has 0 spiro atoms. The second-order valence-electron chi connectivity index (χ2n) is 5.31. The van der Waals surface area contributed by atoms with Crippen molar-refractivity contribution in [2.45, 2.75) is 19.0 Å². The van der Waals surface area contributed by atoms with Crippen LogP contribution in [-0.4, -0.2) is 12.6 Å². The van der Waals surface area contributed by atoms with E-state index >= 15 is 0 Å². The van der Waals surface area contributed by atoms with E-state index < -0.39 is 0 Å². The molecule has 0 aromatic heterocycles. The van der Waals surface area contributed by atoms with Crippen LogP contribution in [0.4, 0.5) is 4.39 Å². The van der Waals surface area contributed by atoms with E-state index in [-0.39, 0.29) is 11.9 Å². The molecule has 3 N–H and O–H groups in total. The molecular weight excluding hydrogens is 361 g/mol. The summed E-state index contributed by atoms with van der Waals surface area (Å²) in [5.74, 6) is 0.920. The van der Waals surface area contributed by atoms with Gasteiger partial charge in [0.2, 0.25) is 0 Å². The number of halogens is 2. The quantitative estimate of drug-likeness (QED) is 0.635. The predicted octanol–water partition coefficient (Wildman–Crippen LogP) is 3.52. The molecule has 0 bridgehead atoms.